The Morgan fingerprint density at radius 2 is 1.55 bits per heavy atom. The van der Waals surface area contributed by atoms with Crippen molar-refractivity contribution >= 4 is 35.8 Å². The van der Waals surface area contributed by atoms with E-state index in [1.54, 1.807) is 24.5 Å². The SMILES string of the molecule is O=CCCCC=O.O=[N+]([O-])/C=C1\NCCN1Cc1ccc(Cl)nc1.O=[N+]([O-])C1=C2N(Cc3ccc(Cl)nc3)CCN2[C@H]2CCC[C@@H]1O2. The Kier molecular flexibility index (Phi) is 13.3. The zero-order chi connectivity index (χ0) is 33.8. The van der Waals surface area contributed by atoms with Crippen LogP contribution in [-0.2, 0) is 27.4 Å². The lowest BCUT2D eigenvalue weighted by molar-refractivity contribution is -0.448. The van der Waals surface area contributed by atoms with Crippen LogP contribution in [-0.4, -0.2) is 85.6 Å². The van der Waals surface area contributed by atoms with Crippen molar-refractivity contribution in [3.63, 3.8) is 0 Å². The molecule has 0 unspecified atom stereocenters. The van der Waals surface area contributed by atoms with Gasteiger partial charge in [-0.15, -0.1) is 0 Å². The van der Waals surface area contributed by atoms with Gasteiger partial charge in [0.25, 0.3) is 6.20 Å². The summed E-state index contributed by atoms with van der Waals surface area (Å²) in [4.78, 5) is 54.5. The normalized spacial score (nSPS) is 20.4. The van der Waals surface area contributed by atoms with E-state index < -0.39 is 4.92 Å². The van der Waals surface area contributed by atoms with Gasteiger partial charge < -0.3 is 34.3 Å². The molecule has 252 valence electrons. The molecule has 3 saturated heterocycles. The molecule has 2 aromatic rings. The van der Waals surface area contributed by atoms with Crippen LogP contribution in [0, 0.1) is 20.2 Å². The molecule has 2 atom stereocenters. The molecule has 0 amide bonds. The maximum Gasteiger partial charge on any atom is 0.314 e. The first-order chi connectivity index (χ1) is 22.7. The van der Waals surface area contributed by atoms with Crippen LogP contribution in [0.1, 0.15) is 49.7 Å². The molecule has 6 rings (SSSR count). The third-order valence-electron chi connectivity index (χ3n) is 7.72. The fourth-order valence-electron chi connectivity index (χ4n) is 5.61. The number of halogens is 2. The van der Waals surface area contributed by atoms with E-state index >= 15 is 0 Å². The summed E-state index contributed by atoms with van der Waals surface area (Å²) >= 11 is 11.5. The molecule has 6 heterocycles. The molecule has 47 heavy (non-hydrogen) atoms. The highest BCUT2D eigenvalue weighted by molar-refractivity contribution is 6.29. The minimum atomic E-state index is -0.458. The summed E-state index contributed by atoms with van der Waals surface area (Å²) in [5.41, 5.74) is 2.16. The van der Waals surface area contributed by atoms with Crippen molar-refractivity contribution in [1.82, 2.24) is 30.0 Å². The molecule has 0 aromatic carbocycles. The number of carbonyl (C=O) groups is 2. The minimum absolute atomic E-state index is 0.0270. The van der Waals surface area contributed by atoms with Gasteiger partial charge in [-0.3, -0.25) is 20.2 Å². The van der Waals surface area contributed by atoms with E-state index in [0.717, 1.165) is 74.6 Å². The van der Waals surface area contributed by atoms with E-state index in [-0.39, 0.29) is 23.0 Å². The highest BCUT2D eigenvalue weighted by Crippen LogP contribution is 2.39. The lowest BCUT2D eigenvalue weighted by Crippen LogP contribution is -2.48. The fourth-order valence-corrected chi connectivity index (χ4v) is 5.83. The van der Waals surface area contributed by atoms with E-state index in [0.29, 0.717) is 55.0 Å². The largest absolute Gasteiger partial charge is 0.365 e. The van der Waals surface area contributed by atoms with E-state index in [1.807, 2.05) is 17.0 Å². The summed E-state index contributed by atoms with van der Waals surface area (Å²) in [6.45, 7) is 4.12. The number of pyridine rings is 2. The standard InChI is InChI=1S/C15H17ClN4O3.C10H11ClN4O2.C5H8O2/c16-12-5-4-10(8-17-12)9-18-6-7-19-13-3-1-2-11(23-13)14(15(18)19)20(21)22;11-9-2-1-8(5-13-9)6-14-4-3-12-10(14)7-15(16)17;6-4-2-1-3-5-7/h4-5,8,11,13H,1-3,6-7,9H2;1-2,5,7,12H,3-4,6H2;4-5H,1-3H2/b;10-7+;/t11-,13+;;/m0../s1. The maximum absolute atomic E-state index is 11.6. The first-order valence-electron chi connectivity index (χ1n) is 15.2. The van der Waals surface area contributed by atoms with Gasteiger partial charge in [0.05, 0.1) is 9.85 Å². The van der Waals surface area contributed by atoms with Crippen molar-refractivity contribution < 1.29 is 24.2 Å². The Balaban J connectivity index is 0.000000183. The van der Waals surface area contributed by atoms with Crippen LogP contribution in [0.2, 0.25) is 10.3 Å². The number of carbonyl (C=O) groups excluding carboxylic acids is 2. The van der Waals surface area contributed by atoms with Gasteiger partial charge >= 0.3 is 5.70 Å². The number of hydrogen-bond acceptors (Lipinski definition) is 13. The first-order valence-corrected chi connectivity index (χ1v) is 15.9. The number of aldehydes is 2. The van der Waals surface area contributed by atoms with Crippen molar-refractivity contribution in [2.75, 3.05) is 26.2 Å². The van der Waals surface area contributed by atoms with Gasteiger partial charge in [0.2, 0.25) is 0 Å². The third kappa shape index (κ3) is 10.1. The molecule has 15 nitrogen and oxygen atoms in total. The summed E-state index contributed by atoms with van der Waals surface area (Å²) in [7, 11) is 0. The Hall–Kier alpha value is -4.34. The lowest BCUT2D eigenvalue weighted by Gasteiger charge is -2.41. The molecular formula is C30H36Cl2N8O7. The average Bonchev–Trinajstić information content (AvgIpc) is 3.67. The monoisotopic (exact) mass is 690 g/mol. The molecule has 1 N–H and O–H groups in total. The summed E-state index contributed by atoms with van der Waals surface area (Å²) in [6.07, 6.45) is 9.95. The lowest BCUT2D eigenvalue weighted by atomic mass is 10.0. The first kappa shape index (κ1) is 35.5. The summed E-state index contributed by atoms with van der Waals surface area (Å²) < 4.78 is 5.89. The smallest absolute Gasteiger partial charge is 0.314 e. The van der Waals surface area contributed by atoms with E-state index in [1.165, 1.54) is 0 Å². The van der Waals surface area contributed by atoms with E-state index in [4.69, 9.17) is 27.9 Å². The van der Waals surface area contributed by atoms with Crippen LogP contribution in [0.4, 0.5) is 0 Å². The highest BCUT2D eigenvalue weighted by atomic mass is 35.5. The number of rotatable bonds is 10. The molecular weight excluding hydrogens is 655 g/mol. The zero-order valence-corrected chi connectivity index (χ0v) is 27.1. The van der Waals surface area contributed by atoms with Crippen LogP contribution >= 0.6 is 23.2 Å². The van der Waals surface area contributed by atoms with Crippen LogP contribution in [0.5, 0.6) is 0 Å². The maximum atomic E-state index is 11.6. The van der Waals surface area contributed by atoms with Crippen molar-refractivity contribution in [3.05, 3.63) is 102 Å². The number of nitrogens with zero attached hydrogens (tertiary/aromatic N) is 7. The Morgan fingerprint density at radius 3 is 2.11 bits per heavy atom. The number of ether oxygens (including phenoxy) is 1. The topological polar surface area (TPSA) is 177 Å². The van der Waals surface area contributed by atoms with Gasteiger partial charge in [-0.1, -0.05) is 35.3 Å². The number of nitro groups is 2. The Bertz CT molecular complexity index is 1450. The molecule has 2 aromatic heterocycles. The fraction of sp³-hybridized carbons (Fsp3) is 0.467. The van der Waals surface area contributed by atoms with Gasteiger partial charge in [0.15, 0.2) is 17.7 Å². The van der Waals surface area contributed by atoms with Gasteiger partial charge in [-0.05, 0) is 48.9 Å². The average molecular weight is 692 g/mol. The second kappa shape index (κ2) is 17.5. The highest BCUT2D eigenvalue weighted by Gasteiger charge is 2.48. The summed E-state index contributed by atoms with van der Waals surface area (Å²) in [5, 5.41) is 25.9. The Labute approximate surface area is 281 Å². The molecule has 17 heteroatoms. The van der Waals surface area contributed by atoms with Gasteiger partial charge in [0, 0.05) is 64.5 Å². The second-order valence-corrected chi connectivity index (χ2v) is 11.8. The van der Waals surface area contributed by atoms with Gasteiger partial charge in [-0.2, -0.15) is 0 Å². The number of hydrogen-bond donors (Lipinski definition) is 1. The van der Waals surface area contributed by atoms with Gasteiger partial charge in [0.1, 0.15) is 29.1 Å². The summed E-state index contributed by atoms with van der Waals surface area (Å²) in [6, 6.07) is 7.21. The zero-order valence-electron chi connectivity index (χ0n) is 25.6. The summed E-state index contributed by atoms with van der Waals surface area (Å²) in [5.74, 6) is 1.26. The van der Waals surface area contributed by atoms with Crippen molar-refractivity contribution in [2.45, 2.75) is 63.9 Å². The molecule has 0 spiro atoms. The molecule has 4 aliphatic rings. The van der Waals surface area contributed by atoms with Crippen LogP contribution in [0.3, 0.4) is 0 Å². The molecule has 2 bridgehead atoms. The Morgan fingerprint density at radius 1 is 0.915 bits per heavy atom. The molecule has 4 aliphatic heterocycles. The van der Waals surface area contributed by atoms with Crippen LogP contribution in [0.25, 0.3) is 0 Å². The second-order valence-electron chi connectivity index (χ2n) is 11.0. The predicted molar refractivity (Wildman–Crippen MR) is 172 cm³/mol. The van der Waals surface area contributed by atoms with Crippen LogP contribution < -0.4 is 5.32 Å². The molecule has 0 aliphatic carbocycles. The van der Waals surface area contributed by atoms with Crippen molar-refractivity contribution in [1.29, 1.82) is 0 Å². The van der Waals surface area contributed by atoms with Gasteiger partial charge in [-0.25, -0.2) is 9.97 Å². The quantitative estimate of drug-likeness (QED) is 0.125. The number of nitrogens with one attached hydrogen (secondary N) is 1. The predicted octanol–water partition coefficient (Wildman–Crippen LogP) is 3.98. The number of fused-ring (bicyclic) bond motifs is 4. The third-order valence-corrected chi connectivity index (χ3v) is 8.17. The molecule has 0 radical (unpaired) electrons. The van der Waals surface area contributed by atoms with Crippen LogP contribution in [0.15, 0.2) is 60.2 Å². The molecule has 0 saturated carbocycles. The minimum Gasteiger partial charge on any atom is -0.365 e. The van der Waals surface area contributed by atoms with Crippen molar-refractivity contribution in [3.8, 4) is 0 Å². The van der Waals surface area contributed by atoms with E-state index in [9.17, 15) is 29.8 Å². The van der Waals surface area contributed by atoms with E-state index in [2.05, 4.69) is 25.1 Å². The number of unbranched alkanes of at least 4 members (excludes halogenated alkanes) is 2. The molecule has 3 fully saturated rings. The number of aromatic nitrogens is 2. The van der Waals surface area contributed by atoms with Crippen molar-refractivity contribution in [2.24, 2.45) is 0 Å².